The van der Waals surface area contributed by atoms with Gasteiger partial charge in [0.1, 0.15) is 6.07 Å². The Balaban J connectivity index is 1.54. The van der Waals surface area contributed by atoms with E-state index in [2.05, 4.69) is 32.4 Å². The molecular formula is C19H20N8O. The number of carbonyl (C=O) groups excluding carboxylic acids is 1. The minimum atomic E-state index is -0.503. The van der Waals surface area contributed by atoms with Crippen LogP contribution in [0.15, 0.2) is 36.7 Å². The molecule has 0 unspecified atom stereocenters. The van der Waals surface area contributed by atoms with Crippen molar-refractivity contribution in [1.82, 2.24) is 19.8 Å². The van der Waals surface area contributed by atoms with Gasteiger partial charge in [0.15, 0.2) is 11.5 Å². The van der Waals surface area contributed by atoms with Crippen molar-refractivity contribution >= 4 is 22.9 Å². The average Bonchev–Trinajstić information content (AvgIpc) is 3.18. The Morgan fingerprint density at radius 3 is 2.89 bits per heavy atom. The lowest BCUT2D eigenvalue weighted by molar-refractivity contribution is 0.100. The zero-order valence-corrected chi connectivity index (χ0v) is 15.4. The third-order valence-electron chi connectivity index (χ3n) is 5.15. The van der Waals surface area contributed by atoms with Crippen molar-refractivity contribution in [3.05, 3.63) is 47.9 Å². The van der Waals surface area contributed by atoms with Crippen LogP contribution >= 0.6 is 0 Å². The standard InChI is InChI=1S/C19H20N8O/c1-12-11-26(17-5-4-13(9-20)24-25-17)8-6-15(12)23-18-14(19(21)28)10-22-27-7-2-3-16(18)27/h2-5,7,10,12,15,23H,6,8,11H2,1H3,(H2,21,28)/t12-,15+/m1/s1. The van der Waals surface area contributed by atoms with Crippen LogP contribution < -0.4 is 16.0 Å². The maximum Gasteiger partial charge on any atom is 0.252 e. The molecule has 3 aromatic rings. The fraction of sp³-hybridized carbons (Fsp3) is 0.316. The summed E-state index contributed by atoms with van der Waals surface area (Å²) >= 11 is 0. The molecule has 4 heterocycles. The van der Waals surface area contributed by atoms with Crippen molar-refractivity contribution in [2.75, 3.05) is 23.3 Å². The second-order valence-electron chi connectivity index (χ2n) is 6.99. The van der Waals surface area contributed by atoms with Gasteiger partial charge in [0.25, 0.3) is 5.91 Å². The van der Waals surface area contributed by atoms with E-state index in [1.165, 1.54) is 6.20 Å². The molecule has 1 aliphatic heterocycles. The van der Waals surface area contributed by atoms with Gasteiger partial charge in [-0.3, -0.25) is 4.79 Å². The Labute approximate surface area is 161 Å². The Morgan fingerprint density at radius 2 is 2.21 bits per heavy atom. The first-order chi connectivity index (χ1) is 13.6. The van der Waals surface area contributed by atoms with E-state index in [9.17, 15) is 4.79 Å². The van der Waals surface area contributed by atoms with Crippen LogP contribution in [-0.4, -0.2) is 44.8 Å². The molecule has 3 N–H and O–H groups in total. The maximum atomic E-state index is 11.9. The summed E-state index contributed by atoms with van der Waals surface area (Å²) in [6.45, 7) is 3.73. The zero-order chi connectivity index (χ0) is 19.7. The Hall–Kier alpha value is -3.67. The molecule has 9 heteroatoms. The quantitative estimate of drug-likeness (QED) is 0.705. The molecule has 1 saturated heterocycles. The van der Waals surface area contributed by atoms with Crippen LogP contribution in [-0.2, 0) is 0 Å². The van der Waals surface area contributed by atoms with Crippen LogP contribution in [0.2, 0.25) is 0 Å². The summed E-state index contributed by atoms with van der Waals surface area (Å²) in [5.41, 5.74) is 7.80. The second kappa shape index (κ2) is 7.15. The number of primary amides is 1. The van der Waals surface area contributed by atoms with Crippen molar-refractivity contribution in [2.45, 2.75) is 19.4 Å². The number of rotatable bonds is 4. The molecule has 1 aliphatic rings. The number of nitrogens with one attached hydrogen (secondary N) is 1. The number of hydrogen-bond acceptors (Lipinski definition) is 7. The largest absolute Gasteiger partial charge is 0.379 e. The zero-order valence-electron chi connectivity index (χ0n) is 15.4. The molecule has 0 saturated carbocycles. The highest BCUT2D eigenvalue weighted by Gasteiger charge is 2.28. The molecule has 1 fully saturated rings. The summed E-state index contributed by atoms with van der Waals surface area (Å²) in [7, 11) is 0. The first-order valence-corrected chi connectivity index (χ1v) is 9.08. The summed E-state index contributed by atoms with van der Waals surface area (Å²) < 4.78 is 1.72. The number of hydrogen-bond donors (Lipinski definition) is 2. The first kappa shape index (κ1) is 17.7. The highest BCUT2D eigenvalue weighted by Crippen LogP contribution is 2.28. The van der Waals surface area contributed by atoms with Gasteiger partial charge in [0, 0.05) is 25.3 Å². The van der Waals surface area contributed by atoms with E-state index in [-0.39, 0.29) is 12.0 Å². The van der Waals surface area contributed by atoms with Crippen molar-refractivity contribution < 1.29 is 4.79 Å². The Kier molecular flexibility index (Phi) is 4.53. The second-order valence-corrected chi connectivity index (χ2v) is 6.99. The van der Waals surface area contributed by atoms with E-state index in [0.717, 1.165) is 36.5 Å². The van der Waals surface area contributed by atoms with E-state index in [1.807, 2.05) is 30.5 Å². The van der Waals surface area contributed by atoms with Crippen molar-refractivity contribution in [3.8, 4) is 6.07 Å². The predicted molar refractivity (Wildman–Crippen MR) is 104 cm³/mol. The molecule has 3 aromatic heterocycles. The molecule has 0 radical (unpaired) electrons. The van der Waals surface area contributed by atoms with Crippen LogP contribution in [0.4, 0.5) is 11.5 Å². The molecule has 1 amide bonds. The lowest BCUT2D eigenvalue weighted by Gasteiger charge is -2.38. The third kappa shape index (κ3) is 3.20. The van der Waals surface area contributed by atoms with Crippen molar-refractivity contribution in [2.24, 2.45) is 11.7 Å². The molecule has 9 nitrogen and oxygen atoms in total. The molecule has 142 valence electrons. The smallest absolute Gasteiger partial charge is 0.252 e. The van der Waals surface area contributed by atoms with Crippen LogP contribution in [0.1, 0.15) is 29.4 Å². The SMILES string of the molecule is C[C@@H]1CN(c2ccc(C#N)nn2)CC[C@@H]1Nc1c(C(N)=O)cnn2cccc12. The summed E-state index contributed by atoms with van der Waals surface area (Å²) in [6.07, 6.45) is 4.20. The number of amides is 1. The van der Waals surface area contributed by atoms with Crippen LogP contribution in [0.3, 0.4) is 0 Å². The monoisotopic (exact) mass is 376 g/mol. The van der Waals surface area contributed by atoms with Gasteiger partial charge < -0.3 is 16.0 Å². The minimum Gasteiger partial charge on any atom is -0.379 e. The Bertz CT molecular complexity index is 1050. The highest BCUT2D eigenvalue weighted by molar-refractivity contribution is 6.01. The van der Waals surface area contributed by atoms with Gasteiger partial charge in [0.05, 0.1) is 23.0 Å². The summed E-state index contributed by atoms with van der Waals surface area (Å²) in [6, 6.07) is 9.44. The number of nitrogens with two attached hydrogens (primary N) is 1. The fourth-order valence-electron chi connectivity index (χ4n) is 3.64. The molecular weight excluding hydrogens is 356 g/mol. The van der Waals surface area contributed by atoms with Gasteiger partial charge in [-0.1, -0.05) is 6.92 Å². The molecule has 4 rings (SSSR count). The van der Waals surface area contributed by atoms with E-state index in [4.69, 9.17) is 11.0 Å². The third-order valence-corrected chi connectivity index (χ3v) is 5.15. The van der Waals surface area contributed by atoms with Crippen molar-refractivity contribution in [1.29, 1.82) is 5.26 Å². The van der Waals surface area contributed by atoms with Crippen LogP contribution in [0.5, 0.6) is 0 Å². The number of anilines is 2. The van der Waals surface area contributed by atoms with Crippen molar-refractivity contribution in [3.63, 3.8) is 0 Å². The van der Waals surface area contributed by atoms with Gasteiger partial charge in [-0.05, 0) is 36.6 Å². The van der Waals surface area contributed by atoms with E-state index in [0.29, 0.717) is 11.3 Å². The minimum absolute atomic E-state index is 0.168. The van der Waals surface area contributed by atoms with E-state index in [1.54, 1.807) is 10.6 Å². The predicted octanol–water partition coefficient (Wildman–Crippen LogP) is 1.42. The molecule has 28 heavy (non-hydrogen) atoms. The number of nitriles is 1. The van der Waals surface area contributed by atoms with Crippen LogP contribution in [0.25, 0.3) is 5.52 Å². The molecule has 0 aliphatic carbocycles. The number of fused-ring (bicyclic) bond motifs is 1. The summed E-state index contributed by atoms with van der Waals surface area (Å²) in [4.78, 5) is 14.0. The Morgan fingerprint density at radius 1 is 1.36 bits per heavy atom. The molecule has 0 aromatic carbocycles. The van der Waals surface area contributed by atoms with Crippen LogP contribution in [0, 0.1) is 17.2 Å². The maximum absolute atomic E-state index is 11.9. The van der Waals surface area contributed by atoms with E-state index < -0.39 is 5.91 Å². The normalized spacial score (nSPS) is 19.4. The lowest BCUT2D eigenvalue weighted by Crippen LogP contribution is -2.46. The molecule has 2 atom stereocenters. The van der Waals surface area contributed by atoms with Gasteiger partial charge >= 0.3 is 0 Å². The molecule has 0 spiro atoms. The number of piperidine rings is 1. The van der Waals surface area contributed by atoms with Gasteiger partial charge in [-0.2, -0.15) is 10.4 Å². The number of carbonyl (C=O) groups is 1. The fourth-order valence-corrected chi connectivity index (χ4v) is 3.64. The van der Waals surface area contributed by atoms with Gasteiger partial charge in [-0.15, -0.1) is 10.2 Å². The number of nitrogens with zero attached hydrogens (tertiary/aromatic N) is 6. The van der Waals surface area contributed by atoms with Gasteiger partial charge in [0.2, 0.25) is 0 Å². The number of aromatic nitrogens is 4. The lowest BCUT2D eigenvalue weighted by atomic mass is 9.93. The average molecular weight is 376 g/mol. The highest BCUT2D eigenvalue weighted by atomic mass is 16.1. The summed E-state index contributed by atoms with van der Waals surface area (Å²) in [5.74, 6) is 0.548. The van der Waals surface area contributed by atoms with E-state index >= 15 is 0 Å². The topological polar surface area (TPSA) is 125 Å². The first-order valence-electron chi connectivity index (χ1n) is 9.08. The summed E-state index contributed by atoms with van der Waals surface area (Å²) in [5, 5.41) is 24.7. The molecule has 0 bridgehead atoms. The van der Waals surface area contributed by atoms with Gasteiger partial charge in [-0.25, -0.2) is 4.52 Å².